The number of aromatic hydroxyl groups is 1. The third kappa shape index (κ3) is 6.97. The normalized spacial score (nSPS) is 24.9. The number of phenols is 1. The summed E-state index contributed by atoms with van der Waals surface area (Å²) in [4.78, 5) is 61.7. The first kappa shape index (κ1) is 36.6. The number of fused-ring (bicyclic) bond motifs is 4. The monoisotopic (exact) mass is 761 g/mol. The molecule has 3 aromatic rings. The van der Waals surface area contributed by atoms with Crippen molar-refractivity contribution in [2.75, 3.05) is 74.5 Å². The van der Waals surface area contributed by atoms with E-state index in [2.05, 4.69) is 53.5 Å². The van der Waals surface area contributed by atoms with Crippen LogP contribution < -0.4 is 20.4 Å². The molecule has 0 bridgehead atoms. The number of benzene rings is 2. The zero-order valence-electron chi connectivity index (χ0n) is 32.0. The summed E-state index contributed by atoms with van der Waals surface area (Å²) in [5, 5.41) is 25.1. The maximum Gasteiger partial charge on any atom is 0.262 e. The van der Waals surface area contributed by atoms with Crippen molar-refractivity contribution in [3.63, 3.8) is 0 Å². The summed E-state index contributed by atoms with van der Waals surface area (Å²) in [5.41, 5.74) is 4.06. The van der Waals surface area contributed by atoms with E-state index in [9.17, 15) is 24.3 Å². The third-order valence-electron chi connectivity index (χ3n) is 13.3. The number of nitrogens with one attached hydrogen (secondary N) is 2. The summed E-state index contributed by atoms with van der Waals surface area (Å²) in [5.74, 6) is 0.483. The number of likely N-dealkylation sites (tertiary alicyclic amines) is 1. The van der Waals surface area contributed by atoms with Gasteiger partial charge in [0.1, 0.15) is 11.8 Å². The van der Waals surface area contributed by atoms with Crippen molar-refractivity contribution < 1.29 is 24.3 Å². The van der Waals surface area contributed by atoms with Crippen LogP contribution in [0.25, 0.3) is 11.3 Å². The van der Waals surface area contributed by atoms with E-state index in [1.54, 1.807) is 12.1 Å². The van der Waals surface area contributed by atoms with Gasteiger partial charge in [0.25, 0.3) is 11.8 Å². The van der Waals surface area contributed by atoms with Gasteiger partial charge in [-0.2, -0.15) is 0 Å². The highest BCUT2D eigenvalue weighted by Gasteiger charge is 2.45. The second-order valence-corrected chi connectivity index (χ2v) is 16.7. The predicted octanol–water partition coefficient (Wildman–Crippen LogP) is 3.57. The van der Waals surface area contributed by atoms with Crippen LogP contribution in [-0.2, 0) is 9.59 Å². The number of anilines is 3. The van der Waals surface area contributed by atoms with E-state index >= 15 is 0 Å². The van der Waals surface area contributed by atoms with Crippen molar-refractivity contribution in [3.8, 4) is 17.0 Å². The molecule has 1 aromatic heterocycles. The molecule has 14 nitrogen and oxygen atoms in total. The van der Waals surface area contributed by atoms with Gasteiger partial charge in [-0.3, -0.25) is 29.4 Å². The van der Waals surface area contributed by atoms with Gasteiger partial charge < -0.3 is 30.0 Å². The van der Waals surface area contributed by atoms with E-state index < -0.39 is 23.8 Å². The number of carbonyl (C=O) groups is 4. The lowest BCUT2D eigenvalue weighted by Gasteiger charge is -2.47. The van der Waals surface area contributed by atoms with Crippen LogP contribution in [0.3, 0.4) is 0 Å². The summed E-state index contributed by atoms with van der Waals surface area (Å²) in [7, 11) is 2.32. The first-order valence-corrected chi connectivity index (χ1v) is 20.4. The number of piperidine rings is 4. The topological polar surface area (TPSA) is 155 Å². The van der Waals surface area contributed by atoms with Crippen LogP contribution in [0.15, 0.2) is 48.5 Å². The molecule has 6 aliphatic heterocycles. The maximum atomic E-state index is 13.3. The van der Waals surface area contributed by atoms with Crippen LogP contribution in [-0.4, -0.2) is 131 Å². The lowest BCUT2D eigenvalue weighted by molar-refractivity contribution is -0.136. The fourth-order valence-corrected chi connectivity index (χ4v) is 10.0. The Bertz CT molecular complexity index is 2030. The molecule has 4 fully saturated rings. The molecule has 56 heavy (non-hydrogen) atoms. The Kier molecular flexibility index (Phi) is 9.86. The number of nitrogens with zero attached hydrogens (tertiary/aromatic N) is 7. The molecule has 0 aliphatic carbocycles. The van der Waals surface area contributed by atoms with E-state index in [0.29, 0.717) is 46.3 Å². The van der Waals surface area contributed by atoms with Gasteiger partial charge in [-0.25, -0.2) is 0 Å². The van der Waals surface area contributed by atoms with Crippen molar-refractivity contribution in [2.24, 2.45) is 11.8 Å². The number of rotatable bonds is 8. The highest BCUT2D eigenvalue weighted by molar-refractivity contribution is 6.23. The summed E-state index contributed by atoms with van der Waals surface area (Å²) in [6, 6.07) is 14.8. The van der Waals surface area contributed by atoms with Crippen molar-refractivity contribution in [2.45, 2.75) is 69.5 Å². The third-order valence-corrected chi connectivity index (χ3v) is 13.3. The molecule has 6 aliphatic rings. The van der Waals surface area contributed by atoms with Crippen molar-refractivity contribution >= 4 is 40.8 Å². The fraction of sp³-hybridized carbons (Fsp3) is 0.524. The number of phenolic OH excluding ortho intramolecular Hbond substituents is 1. The minimum atomic E-state index is -0.952. The second-order valence-electron chi connectivity index (χ2n) is 16.7. The van der Waals surface area contributed by atoms with Crippen LogP contribution in [0.1, 0.15) is 72.1 Å². The Hall–Kier alpha value is -5.08. The zero-order valence-corrected chi connectivity index (χ0v) is 32.0. The minimum absolute atomic E-state index is 0.108. The van der Waals surface area contributed by atoms with E-state index in [4.69, 9.17) is 0 Å². The van der Waals surface area contributed by atoms with Gasteiger partial charge in [-0.1, -0.05) is 12.1 Å². The van der Waals surface area contributed by atoms with E-state index in [1.165, 1.54) is 12.8 Å². The molecule has 294 valence electrons. The van der Waals surface area contributed by atoms with Crippen LogP contribution in [0.5, 0.6) is 5.75 Å². The Labute approximate surface area is 327 Å². The number of carbonyl (C=O) groups excluding carboxylic acids is 4. The van der Waals surface area contributed by atoms with Gasteiger partial charge in [0.05, 0.1) is 22.5 Å². The average molecular weight is 762 g/mol. The number of amides is 4. The number of para-hydroxylation sites is 1. The maximum absolute atomic E-state index is 13.3. The van der Waals surface area contributed by atoms with E-state index in [1.807, 2.05) is 30.3 Å². The Morgan fingerprint density at radius 1 is 0.821 bits per heavy atom. The molecule has 3 unspecified atom stereocenters. The molecular weight excluding hydrogens is 711 g/mol. The zero-order chi connectivity index (χ0) is 38.5. The number of imide groups is 2. The van der Waals surface area contributed by atoms with Crippen LogP contribution in [0.4, 0.5) is 17.2 Å². The quantitative estimate of drug-likeness (QED) is 0.288. The fourth-order valence-electron chi connectivity index (χ4n) is 10.0. The molecule has 3 atom stereocenters. The van der Waals surface area contributed by atoms with E-state index in [0.717, 1.165) is 100 Å². The van der Waals surface area contributed by atoms with Gasteiger partial charge >= 0.3 is 0 Å². The minimum Gasteiger partial charge on any atom is -0.507 e. The molecule has 7 heterocycles. The Morgan fingerprint density at radius 2 is 1.59 bits per heavy atom. The van der Waals surface area contributed by atoms with Gasteiger partial charge in [0.2, 0.25) is 11.8 Å². The summed E-state index contributed by atoms with van der Waals surface area (Å²) in [6.45, 7) is 8.18. The van der Waals surface area contributed by atoms with Crippen LogP contribution in [0, 0.1) is 11.8 Å². The molecule has 4 saturated heterocycles. The second kappa shape index (κ2) is 15.1. The standard InChI is InChI=1S/C42H51N9O5/c1-47(28-14-19-50-30(20-28)23-43-39-36(50)22-34(45-46-39)32-4-2-3-5-37(32)52)24-26-10-15-48(16-11-26)25-27-12-17-49(18-13-27)29-6-7-31-33(21-29)42(56)51(41(31)55)35-8-9-38(53)44-40(35)54/h2-7,21-22,26-28,30,35,52H,8-20,23-25H2,1H3,(H,43,46)(H,44,53,54). The lowest BCUT2D eigenvalue weighted by atomic mass is 9.90. The molecule has 0 spiro atoms. The Morgan fingerprint density at radius 3 is 2.38 bits per heavy atom. The SMILES string of the molecule is CN(CC1CCN(CC2CCN(c3ccc4c(c3)C(=O)N(C3CCC(=O)NC3=O)C4=O)CC2)CC1)C1CCN2c3cc(-c4ccccc4O)nnc3NCC2C1. The van der Waals surface area contributed by atoms with Gasteiger partial charge in [-0.05, 0) is 113 Å². The highest BCUT2D eigenvalue weighted by atomic mass is 16.3. The summed E-state index contributed by atoms with van der Waals surface area (Å²) in [6.07, 6.45) is 7.10. The molecule has 9 rings (SSSR count). The smallest absolute Gasteiger partial charge is 0.262 e. The number of hydrogen-bond acceptors (Lipinski definition) is 12. The summed E-state index contributed by atoms with van der Waals surface area (Å²) >= 11 is 0. The largest absolute Gasteiger partial charge is 0.507 e. The van der Waals surface area contributed by atoms with E-state index in [-0.39, 0.29) is 24.5 Å². The molecule has 0 saturated carbocycles. The molecule has 3 N–H and O–H groups in total. The summed E-state index contributed by atoms with van der Waals surface area (Å²) < 4.78 is 0. The number of aromatic nitrogens is 2. The molecular formula is C42H51N9O5. The first-order chi connectivity index (χ1) is 27.2. The first-order valence-electron chi connectivity index (χ1n) is 20.4. The predicted molar refractivity (Wildman–Crippen MR) is 212 cm³/mol. The van der Waals surface area contributed by atoms with Crippen LogP contribution in [0.2, 0.25) is 0 Å². The van der Waals surface area contributed by atoms with Gasteiger partial charge in [-0.15, -0.1) is 10.2 Å². The molecule has 0 radical (unpaired) electrons. The molecule has 14 heteroatoms. The van der Waals surface area contributed by atoms with Gasteiger partial charge in [0.15, 0.2) is 5.82 Å². The lowest BCUT2D eigenvalue weighted by Crippen LogP contribution is -2.54. The van der Waals surface area contributed by atoms with Crippen LogP contribution >= 0.6 is 0 Å². The Balaban J connectivity index is 0.724. The molecule has 4 amide bonds. The van der Waals surface area contributed by atoms with Crippen molar-refractivity contribution in [1.29, 1.82) is 0 Å². The van der Waals surface area contributed by atoms with Crippen molar-refractivity contribution in [3.05, 3.63) is 59.7 Å². The number of hydrogen-bond donors (Lipinski definition) is 3. The van der Waals surface area contributed by atoms with Crippen molar-refractivity contribution in [1.82, 2.24) is 30.2 Å². The van der Waals surface area contributed by atoms with Gasteiger partial charge in [0, 0.05) is 69.0 Å². The average Bonchev–Trinajstić information content (AvgIpc) is 3.46. The molecule has 2 aromatic carbocycles. The highest BCUT2D eigenvalue weighted by Crippen LogP contribution is 2.39.